The van der Waals surface area contributed by atoms with Crippen molar-refractivity contribution in [2.24, 2.45) is 11.8 Å². The molecule has 1 nitrogen and oxygen atoms in total. The van der Waals surface area contributed by atoms with Crippen LogP contribution in [0.1, 0.15) is 58.3 Å². The van der Waals surface area contributed by atoms with E-state index in [0.29, 0.717) is 0 Å². The molecule has 2 aliphatic rings. The predicted octanol–water partition coefficient (Wildman–Crippen LogP) is 3.34. The Hall–Kier alpha value is -0.0400. The molecule has 0 aromatic carbocycles. The lowest BCUT2D eigenvalue weighted by Gasteiger charge is -2.27. The Balaban J connectivity index is 1.50. The quantitative estimate of drug-likeness (QED) is 0.663. The van der Waals surface area contributed by atoms with Gasteiger partial charge in [-0.3, -0.25) is 0 Å². The second-order valence-corrected chi connectivity index (χ2v) is 5.51. The molecule has 2 unspecified atom stereocenters. The Labute approximate surface area is 88.7 Å². The monoisotopic (exact) mass is 195 g/mol. The number of hydrogen-bond donors (Lipinski definition) is 1. The van der Waals surface area contributed by atoms with E-state index in [1.165, 1.54) is 57.9 Å². The number of hydrogen-bond acceptors (Lipinski definition) is 1. The van der Waals surface area contributed by atoms with Crippen LogP contribution < -0.4 is 5.32 Å². The topological polar surface area (TPSA) is 12.0 Å². The zero-order valence-corrected chi connectivity index (χ0v) is 9.60. The maximum atomic E-state index is 3.74. The molecule has 0 radical (unpaired) electrons. The molecule has 2 fully saturated rings. The molecule has 82 valence electrons. The molecule has 1 N–H and O–H groups in total. The van der Waals surface area contributed by atoms with E-state index in [0.717, 1.165) is 17.9 Å². The molecule has 0 amide bonds. The molecule has 2 rings (SSSR count). The SMILES string of the molecule is CC1CCCC(NCCCC2CC2)C1. The molecule has 2 aliphatic carbocycles. The average Bonchev–Trinajstić information content (AvgIpc) is 2.96. The summed E-state index contributed by atoms with van der Waals surface area (Å²) in [6.07, 6.45) is 11.7. The van der Waals surface area contributed by atoms with Crippen LogP contribution in [0.2, 0.25) is 0 Å². The minimum atomic E-state index is 0.845. The third kappa shape index (κ3) is 3.61. The van der Waals surface area contributed by atoms with Gasteiger partial charge in [-0.05, 0) is 44.1 Å². The van der Waals surface area contributed by atoms with E-state index in [-0.39, 0.29) is 0 Å². The number of rotatable bonds is 5. The molecule has 0 spiro atoms. The van der Waals surface area contributed by atoms with Gasteiger partial charge in [0.1, 0.15) is 0 Å². The maximum absolute atomic E-state index is 3.74. The van der Waals surface area contributed by atoms with Crippen LogP contribution in [-0.4, -0.2) is 12.6 Å². The Morgan fingerprint density at radius 2 is 2.00 bits per heavy atom. The Morgan fingerprint density at radius 1 is 1.14 bits per heavy atom. The lowest BCUT2D eigenvalue weighted by Crippen LogP contribution is -2.34. The minimum Gasteiger partial charge on any atom is -0.314 e. The van der Waals surface area contributed by atoms with Crippen molar-refractivity contribution in [1.82, 2.24) is 5.32 Å². The van der Waals surface area contributed by atoms with E-state index in [1.807, 2.05) is 0 Å². The van der Waals surface area contributed by atoms with Crippen molar-refractivity contribution >= 4 is 0 Å². The van der Waals surface area contributed by atoms with Crippen molar-refractivity contribution in [3.05, 3.63) is 0 Å². The highest BCUT2D eigenvalue weighted by Gasteiger charge is 2.21. The van der Waals surface area contributed by atoms with E-state index in [1.54, 1.807) is 0 Å². The van der Waals surface area contributed by atoms with Crippen LogP contribution in [0.4, 0.5) is 0 Å². The van der Waals surface area contributed by atoms with Crippen LogP contribution in [0.5, 0.6) is 0 Å². The summed E-state index contributed by atoms with van der Waals surface area (Å²) in [4.78, 5) is 0. The fourth-order valence-electron chi connectivity index (χ4n) is 2.72. The van der Waals surface area contributed by atoms with Gasteiger partial charge in [0.2, 0.25) is 0 Å². The molecule has 0 saturated heterocycles. The lowest BCUT2D eigenvalue weighted by atomic mass is 9.87. The summed E-state index contributed by atoms with van der Waals surface area (Å²) in [6.45, 7) is 3.67. The summed E-state index contributed by atoms with van der Waals surface area (Å²) in [6, 6.07) is 0.845. The zero-order chi connectivity index (χ0) is 9.80. The first-order valence-corrected chi connectivity index (χ1v) is 6.58. The fourth-order valence-corrected chi connectivity index (χ4v) is 2.72. The summed E-state index contributed by atoms with van der Waals surface area (Å²) in [5.41, 5.74) is 0. The second-order valence-electron chi connectivity index (χ2n) is 5.51. The molecule has 2 atom stereocenters. The van der Waals surface area contributed by atoms with Crippen LogP contribution in [-0.2, 0) is 0 Å². The van der Waals surface area contributed by atoms with Gasteiger partial charge in [0.05, 0.1) is 0 Å². The molecule has 0 heterocycles. The van der Waals surface area contributed by atoms with Gasteiger partial charge < -0.3 is 5.32 Å². The molecule has 14 heavy (non-hydrogen) atoms. The molecular weight excluding hydrogens is 170 g/mol. The third-order valence-electron chi connectivity index (χ3n) is 3.86. The van der Waals surface area contributed by atoms with Crippen molar-refractivity contribution in [2.75, 3.05) is 6.54 Å². The maximum Gasteiger partial charge on any atom is 0.00696 e. The normalized spacial score (nSPS) is 33.2. The van der Waals surface area contributed by atoms with E-state index in [9.17, 15) is 0 Å². The van der Waals surface area contributed by atoms with Crippen molar-refractivity contribution in [3.63, 3.8) is 0 Å². The summed E-state index contributed by atoms with van der Waals surface area (Å²) >= 11 is 0. The van der Waals surface area contributed by atoms with Crippen LogP contribution in [0, 0.1) is 11.8 Å². The van der Waals surface area contributed by atoms with E-state index in [4.69, 9.17) is 0 Å². The van der Waals surface area contributed by atoms with Crippen LogP contribution >= 0.6 is 0 Å². The first-order chi connectivity index (χ1) is 6.84. The highest BCUT2D eigenvalue weighted by Crippen LogP contribution is 2.33. The highest BCUT2D eigenvalue weighted by atomic mass is 14.9. The van der Waals surface area contributed by atoms with Crippen LogP contribution in [0.3, 0.4) is 0 Å². The van der Waals surface area contributed by atoms with E-state index >= 15 is 0 Å². The van der Waals surface area contributed by atoms with E-state index < -0.39 is 0 Å². The largest absolute Gasteiger partial charge is 0.314 e. The van der Waals surface area contributed by atoms with Crippen LogP contribution in [0.25, 0.3) is 0 Å². The van der Waals surface area contributed by atoms with Gasteiger partial charge in [0.25, 0.3) is 0 Å². The predicted molar refractivity (Wildman–Crippen MR) is 61.4 cm³/mol. The Kier molecular flexibility index (Phi) is 3.86. The van der Waals surface area contributed by atoms with Gasteiger partial charge in [-0.15, -0.1) is 0 Å². The van der Waals surface area contributed by atoms with Gasteiger partial charge in [-0.25, -0.2) is 0 Å². The van der Waals surface area contributed by atoms with Gasteiger partial charge in [-0.2, -0.15) is 0 Å². The smallest absolute Gasteiger partial charge is 0.00696 e. The van der Waals surface area contributed by atoms with Crippen molar-refractivity contribution in [2.45, 2.75) is 64.3 Å². The number of nitrogens with one attached hydrogen (secondary N) is 1. The summed E-state index contributed by atoms with van der Waals surface area (Å²) in [5.74, 6) is 2.08. The van der Waals surface area contributed by atoms with Gasteiger partial charge in [-0.1, -0.05) is 32.6 Å². The summed E-state index contributed by atoms with van der Waals surface area (Å²) < 4.78 is 0. The Bertz CT molecular complexity index is 163. The fraction of sp³-hybridized carbons (Fsp3) is 1.00. The first-order valence-electron chi connectivity index (χ1n) is 6.58. The average molecular weight is 195 g/mol. The second kappa shape index (κ2) is 5.16. The van der Waals surface area contributed by atoms with Gasteiger partial charge in [0.15, 0.2) is 0 Å². The highest BCUT2D eigenvalue weighted by molar-refractivity contribution is 4.77. The lowest BCUT2D eigenvalue weighted by molar-refractivity contribution is 0.300. The summed E-state index contributed by atoms with van der Waals surface area (Å²) in [5, 5.41) is 3.74. The molecule has 0 bridgehead atoms. The molecular formula is C13H25N. The first kappa shape index (κ1) is 10.5. The molecule has 0 aromatic rings. The van der Waals surface area contributed by atoms with Gasteiger partial charge >= 0.3 is 0 Å². The van der Waals surface area contributed by atoms with Crippen LogP contribution in [0.15, 0.2) is 0 Å². The third-order valence-corrected chi connectivity index (χ3v) is 3.86. The standard InChI is InChI=1S/C13H25N/c1-11-4-2-6-13(10-11)14-9-3-5-12-7-8-12/h11-14H,2-10H2,1H3. The van der Waals surface area contributed by atoms with Crippen molar-refractivity contribution in [3.8, 4) is 0 Å². The summed E-state index contributed by atoms with van der Waals surface area (Å²) in [7, 11) is 0. The van der Waals surface area contributed by atoms with Gasteiger partial charge in [0, 0.05) is 6.04 Å². The molecule has 2 saturated carbocycles. The molecule has 0 aromatic heterocycles. The zero-order valence-electron chi connectivity index (χ0n) is 9.60. The molecule has 1 heteroatoms. The molecule has 0 aliphatic heterocycles. The van der Waals surface area contributed by atoms with Crippen molar-refractivity contribution in [1.29, 1.82) is 0 Å². The Morgan fingerprint density at radius 3 is 2.71 bits per heavy atom. The van der Waals surface area contributed by atoms with E-state index in [2.05, 4.69) is 12.2 Å². The minimum absolute atomic E-state index is 0.845. The van der Waals surface area contributed by atoms with Crippen molar-refractivity contribution < 1.29 is 0 Å².